The quantitative estimate of drug-likeness (QED) is 0.504. The Morgan fingerprint density at radius 2 is 1.68 bits per heavy atom. The Balaban J connectivity index is 1.94. The van der Waals surface area contributed by atoms with Crippen molar-refractivity contribution in [1.29, 1.82) is 0 Å². The zero-order chi connectivity index (χ0) is 24.4. The number of ether oxygens (including phenoxy) is 4. The smallest absolute Gasteiger partial charge is 0.338 e. The topological polar surface area (TPSA) is 88.4 Å². The van der Waals surface area contributed by atoms with Crippen LogP contribution in [0.2, 0.25) is 0 Å². The number of benzene rings is 2. The first-order chi connectivity index (χ1) is 16.4. The van der Waals surface area contributed by atoms with Gasteiger partial charge in [-0.25, -0.2) is 9.79 Å². The van der Waals surface area contributed by atoms with Crippen molar-refractivity contribution in [3.05, 3.63) is 84.5 Å². The number of hydrogen-bond donors (Lipinski definition) is 0. The summed E-state index contributed by atoms with van der Waals surface area (Å²) in [7, 11) is 6.03. The summed E-state index contributed by atoms with van der Waals surface area (Å²) in [6.45, 7) is 1.74. The van der Waals surface area contributed by atoms with Crippen molar-refractivity contribution in [1.82, 2.24) is 4.57 Å². The molecule has 4 rings (SSSR count). The van der Waals surface area contributed by atoms with E-state index in [1.54, 1.807) is 58.6 Å². The van der Waals surface area contributed by atoms with Gasteiger partial charge in [-0.1, -0.05) is 23.5 Å². The van der Waals surface area contributed by atoms with Gasteiger partial charge in [0.05, 0.1) is 50.3 Å². The molecule has 1 aliphatic heterocycles. The third kappa shape index (κ3) is 4.10. The molecule has 0 aliphatic carbocycles. The lowest BCUT2D eigenvalue weighted by Gasteiger charge is -2.24. The van der Waals surface area contributed by atoms with Gasteiger partial charge < -0.3 is 18.9 Å². The summed E-state index contributed by atoms with van der Waals surface area (Å²) in [4.78, 5) is 31.4. The van der Waals surface area contributed by atoms with Crippen LogP contribution in [0.5, 0.6) is 17.2 Å². The van der Waals surface area contributed by atoms with Gasteiger partial charge >= 0.3 is 5.97 Å². The van der Waals surface area contributed by atoms with Crippen LogP contribution in [-0.2, 0) is 9.53 Å². The van der Waals surface area contributed by atoms with Crippen LogP contribution >= 0.6 is 11.3 Å². The number of hydrogen-bond acceptors (Lipinski definition) is 8. The molecule has 1 aromatic heterocycles. The van der Waals surface area contributed by atoms with Crippen molar-refractivity contribution in [2.24, 2.45) is 4.99 Å². The van der Waals surface area contributed by atoms with Crippen LogP contribution in [0.15, 0.2) is 63.5 Å². The summed E-state index contributed by atoms with van der Waals surface area (Å²) < 4.78 is 23.0. The normalized spacial score (nSPS) is 15.4. The van der Waals surface area contributed by atoms with E-state index in [1.165, 1.54) is 23.0 Å². The predicted octanol–water partition coefficient (Wildman–Crippen LogP) is 2.43. The Morgan fingerprint density at radius 1 is 1.00 bits per heavy atom. The van der Waals surface area contributed by atoms with E-state index in [1.807, 2.05) is 18.2 Å². The minimum Gasteiger partial charge on any atom is -0.497 e. The lowest BCUT2D eigenvalue weighted by molar-refractivity contribution is -0.136. The molecule has 0 spiro atoms. The lowest BCUT2D eigenvalue weighted by atomic mass is 9.96. The number of esters is 1. The van der Waals surface area contributed by atoms with Crippen LogP contribution in [0.1, 0.15) is 24.1 Å². The summed E-state index contributed by atoms with van der Waals surface area (Å²) in [6.07, 6.45) is 1.75. The van der Waals surface area contributed by atoms with E-state index in [4.69, 9.17) is 18.9 Å². The van der Waals surface area contributed by atoms with Gasteiger partial charge in [0.2, 0.25) is 0 Å². The van der Waals surface area contributed by atoms with Crippen molar-refractivity contribution in [3.8, 4) is 17.2 Å². The van der Waals surface area contributed by atoms with Gasteiger partial charge in [0.25, 0.3) is 5.56 Å². The number of carbonyl (C=O) groups excluding carboxylic acids is 1. The number of allylic oxidation sites excluding steroid dienone is 1. The maximum atomic E-state index is 13.6. The van der Waals surface area contributed by atoms with Gasteiger partial charge in [-0.2, -0.15) is 0 Å². The van der Waals surface area contributed by atoms with E-state index < -0.39 is 12.0 Å². The third-order valence-electron chi connectivity index (χ3n) is 5.59. The number of fused-ring (bicyclic) bond motifs is 1. The van der Waals surface area contributed by atoms with Crippen molar-refractivity contribution < 1.29 is 23.7 Å². The number of rotatable bonds is 6. The van der Waals surface area contributed by atoms with Crippen molar-refractivity contribution >= 4 is 23.4 Å². The van der Waals surface area contributed by atoms with Crippen molar-refractivity contribution in [2.45, 2.75) is 13.0 Å². The first kappa shape index (κ1) is 23.3. The summed E-state index contributed by atoms with van der Waals surface area (Å²) in [5.41, 5.74) is 2.01. The molecular formula is C25H24N2O6S. The Bertz CT molecular complexity index is 1450. The van der Waals surface area contributed by atoms with Crippen LogP contribution in [-0.4, -0.2) is 39.0 Å². The summed E-state index contributed by atoms with van der Waals surface area (Å²) in [5.74, 6) is 1.35. The molecule has 2 heterocycles. The van der Waals surface area contributed by atoms with E-state index in [0.29, 0.717) is 37.9 Å². The highest BCUT2D eigenvalue weighted by Gasteiger charge is 2.33. The third-order valence-corrected chi connectivity index (χ3v) is 6.57. The van der Waals surface area contributed by atoms with Gasteiger partial charge in [-0.3, -0.25) is 9.36 Å². The van der Waals surface area contributed by atoms with Crippen LogP contribution in [0.25, 0.3) is 6.08 Å². The maximum absolute atomic E-state index is 13.6. The molecule has 0 saturated carbocycles. The van der Waals surface area contributed by atoms with Crippen LogP contribution < -0.4 is 29.1 Å². The molecule has 0 N–H and O–H groups in total. The molecule has 0 unspecified atom stereocenters. The second kappa shape index (κ2) is 9.56. The Kier molecular flexibility index (Phi) is 6.56. The molecule has 0 bridgehead atoms. The van der Waals surface area contributed by atoms with E-state index in [-0.39, 0.29) is 5.56 Å². The monoisotopic (exact) mass is 480 g/mol. The molecule has 0 radical (unpaired) electrons. The second-order valence-electron chi connectivity index (χ2n) is 7.45. The molecule has 0 fully saturated rings. The molecule has 1 atom stereocenters. The highest BCUT2D eigenvalue weighted by atomic mass is 32.1. The second-order valence-corrected chi connectivity index (χ2v) is 8.46. The molecule has 2 aromatic carbocycles. The molecule has 0 amide bonds. The Hall–Kier alpha value is -3.85. The van der Waals surface area contributed by atoms with Crippen LogP contribution in [0.4, 0.5) is 0 Å². The number of thiazole rings is 1. The maximum Gasteiger partial charge on any atom is 0.338 e. The highest BCUT2D eigenvalue weighted by Crippen LogP contribution is 2.31. The molecule has 1 aliphatic rings. The van der Waals surface area contributed by atoms with Crippen molar-refractivity contribution in [3.63, 3.8) is 0 Å². The number of nitrogens with zero attached hydrogens (tertiary/aromatic N) is 2. The predicted molar refractivity (Wildman–Crippen MR) is 128 cm³/mol. The van der Waals surface area contributed by atoms with E-state index in [9.17, 15) is 9.59 Å². The standard InChI is InChI=1S/C25H24N2O6S/c1-14-21(24(29)33-5)22(15-6-9-17(30-2)10-7-15)27-23(28)20(34-25(27)26-14)12-16-8-11-18(31-3)13-19(16)32-4/h6-13,22H,1-5H3/b20-12+/t22-/m0/s1. The van der Waals surface area contributed by atoms with Gasteiger partial charge in [-0.15, -0.1) is 0 Å². The number of carbonyl (C=O) groups is 1. The lowest BCUT2D eigenvalue weighted by Crippen LogP contribution is -2.39. The summed E-state index contributed by atoms with van der Waals surface area (Å²) in [6, 6.07) is 11.9. The molecule has 34 heavy (non-hydrogen) atoms. The molecule has 9 heteroatoms. The number of aromatic nitrogens is 1. The minimum atomic E-state index is -0.686. The van der Waals surface area contributed by atoms with Crippen LogP contribution in [0, 0.1) is 0 Å². The largest absolute Gasteiger partial charge is 0.497 e. The number of methoxy groups -OCH3 is 4. The van der Waals surface area contributed by atoms with Gasteiger partial charge in [-0.05, 0) is 42.8 Å². The van der Waals surface area contributed by atoms with Gasteiger partial charge in [0.15, 0.2) is 4.80 Å². The van der Waals surface area contributed by atoms with Crippen LogP contribution in [0.3, 0.4) is 0 Å². The van der Waals surface area contributed by atoms with Crippen molar-refractivity contribution in [2.75, 3.05) is 28.4 Å². The molecule has 176 valence electrons. The SMILES string of the molecule is COC(=O)C1=C(C)N=c2s/c(=C/c3ccc(OC)cc3OC)c(=O)n2[C@H]1c1ccc(OC)cc1. The molecule has 3 aromatic rings. The fraction of sp³-hybridized carbons (Fsp3) is 0.240. The molecule has 0 saturated heterocycles. The minimum absolute atomic E-state index is 0.267. The highest BCUT2D eigenvalue weighted by molar-refractivity contribution is 7.07. The first-order valence-electron chi connectivity index (χ1n) is 10.4. The first-order valence-corrected chi connectivity index (χ1v) is 11.2. The Labute approximate surface area is 200 Å². The zero-order valence-electron chi connectivity index (χ0n) is 19.4. The average molecular weight is 481 g/mol. The van der Waals surface area contributed by atoms with E-state index >= 15 is 0 Å². The molecular weight excluding hydrogens is 456 g/mol. The van der Waals surface area contributed by atoms with Gasteiger partial charge in [0.1, 0.15) is 17.2 Å². The molecule has 8 nitrogen and oxygen atoms in total. The van der Waals surface area contributed by atoms with E-state index in [0.717, 1.165) is 11.1 Å². The Morgan fingerprint density at radius 3 is 2.29 bits per heavy atom. The van der Waals surface area contributed by atoms with E-state index in [2.05, 4.69) is 4.99 Å². The van der Waals surface area contributed by atoms with Gasteiger partial charge in [0, 0.05) is 11.6 Å². The average Bonchev–Trinajstić information content (AvgIpc) is 3.17. The summed E-state index contributed by atoms with van der Waals surface area (Å²) in [5, 5.41) is 0. The fourth-order valence-corrected chi connectivity index (χ4v) is 4.91. The zero-order valence-corrected chi connectivity index (χ0v) is 20.3. The summed E-state index contributed by atoms with van der Waals surface area (Å²) >= 11 is 1.25. The fourth-order valence-electron chi connectivity index (χ4n) is 3.87.